The number of carbonyl (C=O) groups excluding carboxylic acids is 2. The summed E-state index contributed by atoms with van der Waals surface area (Å²) in [5.41, 5.74) is 1.09. The third-order valence-electron chi connectivity index (χ3n) is 5.52. The molecule has 2 heterocycles. The first-order chi connectivity index (χ1) is 17.2. The fourth-order valence-corrected chi connectivity index (χ4v) is 4.04. The highest BCUT2D eigenvalue weighted by molar-refractivity contribution is 5.90. The van der Waals surface area contributed by atoms with Crippen molar-refractivity contribution in [2.75, 3.05) is 19.7 Å². The van der Waals surface area contributed by atoms with Crippen molar-refractivity contribution in [2.24, 2.45) is 0 Å². The molecule has 0 aliphatic carbocycles. The lowest BCUT2D eigenvalue weighted by Crippen LogP contribution is -2.47. The maximum Gasteiger partial charge on any atom is 0.410 e. The molecule has 0 N–H and O–H groups in total. The standard InChI is InChI=1S/C27H33F3N2O5/c1-7-35-24(33)22-13-20(18-10-8-16(2)12-21(18)28)19-11-9-17(36-23(19)31-22)14-32(15-27(6,29)30)25(34)37-26(3,4)5/h8,10,12-13,17H,7,9,11,14-15H2,1-6H3. The number of aryl methyl sites for hydroxylation is 1. The SMILES string of the molecule is CCOC(=O)c1cc(-c2ccc(C)cc2F)c2c(n1)OC(CN(CC(C)(F)F)C(=O)OC(C)(C)C)CC2. The zero-order chi connectivity index (χ0) is 27.5. The van der Waals surface area contributed by atoms with E-state index in [4.69, 9.17) is 14.2 Å². The molecule has 3 rings (SSSR count). The zero-order valence-electron chi connectivity index (χ0n) is 22.0. The van der Waals surface area contributed by atoms with Crippen molar-refractivity contribution in [1.29, 1.82) is 0 Å². The molecule has 7 nitrogen and oxygen atoms in total. The first kappa shape index (κ1) is 28.3. The van der Waals surface area contributed by atoms with Gasteiger partial charge in [-0.2, -0.15) is 0 Å². The number of aromatic nitrogens is 1. The van der Waals surface area contributed by atoms with Gasteiger partial charge in [-0.3, -0.25) is 4.90 Å². The summed E-state index contributed by atoms with van der Waals surface area (Å²) in [5, 5.41) is 0. The van der Waals surface area contributed by atoms with Gasteiger partial charge in [0.1, 0.15) is 17.5 Å². The molecule has 0 radical (unpaired) electrons. The number of nitrogens with zero attached hydrogens (tertiary/aromatic N) is 2. The topological polar surface area (TPSA) is 78.0 Å². The molecule has 1 aliphatic heterocycles. The molecule has 1 aliphatic rings. The number of pyridine rings is 1. The highest BCUT2D eigenvalue weighted by atomic mass is 19.3. The van der Waals surface area contributed by atoms with Crippen LogP contribution < -0.4 is 4.74 Å². The molecular formula is C27H33F3N2O5. The smallest absolute Gasteiger partial charge is 0.410 e. The van der Waals surface area contributed by atoms with Crippen LogP contribution in [0.25, 0.3) is 11.1 Å². The van der Waals surface area contributed by atoms with Gasteiger partial charge in [-0.25, -0.2) is 27.7 Å². The minimum atomic E-state index is -3.16. The quantitative estimate of drug-likeness (QED) is 0.418. The largest absolute Gasteiger partial charge is 0.472 e. The van der Waals surface area contributed by atoms with Gasteiger partial charge in [0.15, 0.2) is 5.69 Å². The predicted molar refractivity (Wildman–Crippen MR) is 131 cm³/mol. The van der Waals surface area contributed by atoms with Crippen LogP contribution in [0.4, 0.5) is 18.0 Å². The Morgan fingerprint density at radius 2 is 1.86 bits per heavy atom. The average molecular weight is 523 g/mol. The van der Waals surface area contributed by atoms with E-state index in [9.17, 15) is 22.8 Å². The number of amides is 1. The van der Waals surface area contributed by atoms with Crippen LogP contribution in [0.3, 0.4) is 0 Å². The normalized spacial score (nSPS) is 15.4. The lowest BCUT2D eigenvalue weighted by atomic mass is 9.93. The minimum absolute atomic E-state index is 0.0692. The Kier molecular flexibility index (Phi) is 8.39. The molecular weight excluding hydrogens is 489 g/mol. The van der Waals surface area contributed by atoms with Crippen molar-refractivity contribution >= 4 is 12.1 Å². The average Bonchev–Trinajstić information content (AvgIpc) is 2.76. The van der Waals surface area contributed by atoms with E-state index in [2.05, 4.69) is 4.98 Å². The first-order valence-corrected chi connectivity index (χ1v) is 12.2. The number of alkyl halides is 2. The summed E-state index contributed by atoms with van der Waals surface area (Å²) in [6.07, 6.45) is -0.881. The summed E-state index contributed by atoms with van der Waals surface area (Å²) in [7, 11) is 0. The van der Waals surface area contributed by atoms with Crippen LogP contribution in [0.5, 0.6) is 5.88 Å². The summed E-state index contributed by atoms with van der Waals surface area (Å²) < 4.78 is 59.1. The van der Waals surface area contributed by atoms with E-state index in [1.807, 2.05) is 0 Å². The Hall–Kier alpha value is -3.30. The van der Waals surface area contributed by atoms with Crippen molar-refractivity contribution in [1.82, 2.24) is 9.88 Å². The monoisotopic (exact) mass is 522 g/mol. The molecule has 1 aromatic carbocycles. The summed E-state index contributed by atoms with van der Waals surface area (Å²) in [5.74, 6) is -4.25. The molecule has 0 bridgehead atoms. The van der Waals surface area contributed by atoms with E-state index in [1.165, 1.54) is 12.1 Å². The highest BCUT2D eigenvalue weighted by Gasteiger charge is 2.35. The van der Waals surface area contributed by atoms with E-state index in [-0.39, 0.29) is 30.3 Å². The summed E-state index contributed by atoms with van der Waals surface area (Å²) in [4.78, 5) is 30.4. The van der Waals surface area contributed by atoms with Gasteiger partial charge < -0.3 is 14.2 Å². The van der Waals surface area contributed by atoms with Crippen molar-refractivity contribution < 1.29 is 37.0 Å². The maximum atomic E-state index is 14.9. The second-order valence-corrected chi connectivity index (χ2v) is 10.3. The van der Waals surface area contributed by atoms with E-state index >= 15 is 0 Å². The Labute approximate surface area is 214 Å². The van der Waals surface area contributed by atoms with Gasteiger partial charge in [0.05, 0.1) is 19.7 Å². The molecule has 2 aromatic rings. The van der Waals surface area contributed by atoms with Crippen LogP contribution in [0, 0.1) is 12.7 Å². The molecule has 1 unspecified atom stereocenters. The molecule has 202 valence electrons. The van der Waals surface area contributed by atoms with E-state index in [0.29, 0.717) is 24.0 Å². The Bertz CT molecular complexity index is 1160. The number of ether oxygens (including phenoxy) is 3. The lowest BCUT2D eigenvalue weighted by molar-refractivity contribution is -0.0382. The number of rotatable bonds is 7. The third-order valence-corrected chi connectivity index (χ3v) is 5.52. The second kappa shape index (κ2) is 11.0. The van der Waals surface area contributed by atoms with Gasteiger partial charge in [0, 0.05) is 18.1 Å². The third kappa shape index (κ3) is 7.60. The minimum Gasteiger partial charge on any atom is -0.472 e. The molecule has 10 heteroatoms. The highest BCUT2D eigenvalue weighted by Crippen LogP contribution is 2.37. The number of hydrogen-bond acceptors (Lipinski definition) is 6. The molecule has 1 atom stereocenters. The van der Waals surface area contributed by atoms with Gasteiger partial charge in [-0.1, -0.05) is 12.1 Å². The van der Waals surface area contributed by atoms with Gasteiger partial charge in [0.25, 0.3) is 5.92 Å². The number of carbonyl (C=O) groups is 2. The molecule has 0 saturated carbocycles. The number of hydrogen-bond donors (Lipinski definition) is 0. The number of fused-ring (bicyclic) bond motifs is 1. The van der Waals surface area contributed by atoms with Crippen LogP contribution in [0.1, 0.15) is 62.7 Å². The Morgan fingerprint density at radius 1 is 1.16 bits per heavy atom. The van der Waals surface area contributed by atoms with Crippen molar-refractivity contribution in [2.45, 2.75) is 72.0 Å². The summed E-state index contributed by atoms with van der Waals surface area (Å²) >= 11 is 0. The maximum absolute atomic E-state index is 14.9. The van der Waals surface area contributed by atoms with Crippen LogP contribution >= 0.6 is 0 Å². The summed E-state index contributed by atoms with van der Waals surface area (Å²) in [6.45, 7) is 8.15. The van der Waals surface area contributed by atoms with Crippen LogP contribution in [-0.2, 0) is 15.9 Å². The van der Waals surface area contributed by atoms with Crippen LogP contribution in [0.2, 0.25) is 0 Å². The van der Waals surface area contributed by atoms with Crippen molar-refractivity contribution in [3.8, 4) is 17.0 Å². The van der Waals surface area contributed by atoms with E-state index < -0.39 is 42.1 Å². The predicted octanol–water partition coefficient (Wildman–Crippen LogP) is 5.96. The second-order valence-electron chi connectivity index (χ2n) is 10.3. The lowest BCUT2D eigenvalue weighted by Gasteiger charge is -2.34. The number of esters is 1. The van der Waals surface area contributed by atoms with Crippen LogP contribution in [0.15, 0.2) is 24.3 Å². The summed E-state index contributed by atoms with van der Waals surface area (Å²) in [6, 6.07) is 6.24. The molecule has 0 fully saturated rings. The zero-order valence-corrected chi connectivity index (χ0v) is 22.0. The van der Waals surface area contributed by atoms with Gasteiger partial charge >= 0.3 is 12.1 Å². The fourth-order valence-electron chi connectivity index (χ4n) is 4.04. The molecule has 0 saturated heterocycles. The fraction of sp³-hybridized carbons (Fsp3) is 0.519. The van der Waals surface area contributed by atoms with Gasteiger partial charge in [-0.05, 0) is 70.7 Å². The van der Waals surface area contributed by atoms with Crippen molar-refractivity contribution in [3.05, 3.63) is 46.9 Å². The van der Waals surface area contributed by atoms with Gasteiger partial charge in [-0.15, -0.1) is 0 Å². The molecule has 1 amide bonds. The van der Waals surface area contributed by atoms with Gasteiger partial charge in [0.2, 0.25) is 5.88 Å². The number of benzene rings is 1. The van der Waals surface area contributed by atoms with Crippen molar-refractivity contribution in [3.63, 3.8) is 0 Å². The Morgan fingerprint density at radius 3 is 2.46 bits per heavy atom. The first-order valence-electron chi connectivity index (χ1n) is 12.2. The number of halogens is 3. The molecule has 0 spiro atoms. The van der Waals surface area contributed by atoms with E-state index in [1.54, 1.807) is 46.8 Å². The molecule has 37 heavy (non-hydrogen) atoms. The Balaban J connectivity index is 1.96. The van der Waals surface area contributed by atoms with E-state index in [0.717, 1.165) is 17.4 Å². The van der Waals surface area contributed by atoms with Crippen LogP contribution in [-0.4, -0.2) is 59.3 Å². The molecule has 1 aromatic heterocycles.